The van der Waals surface area contributed by atoms with Gasteiger partial charge in [0.15, 0.2) is 0 Å². The number of ether oxygens (including phenoxy) is 4. The summed E-state index contributed by atoms with van der Waals surface area (Å²) in [6.07, 6.45) is 71.2. The Hall–Kier alpha value is -1.90. The number of esters is 2. The molecule has 0 spiro atoms. The second-order valence-corrected chi connectivity index (χ2v) is 38.7. The molecule has 124 heavy (non-hydrogen) atoms. The van der Waals surface area contributed by atoms with E-state index in [0.29, 0.717) is 50.4 Å². The Morgan fingerprint density at radius 2 is 0.895 bits per heavy atom. The summed E-state index contributed by atoms with van der Waals surface area (Å²) in [6, 6.07) is 0. The molecule has 6 N–H and O–H groups in total. The molecule has 5 aliphatic rings. The van der Waals surface area contributed by atoms with E-state index in [0.717, 1.165) is 152 Å². The van der Waals surface area contributed by atoms with Crippen molar-refractivity contribution in [2.45, 2.75) is 579 Å². The summed E-state index contributed by atoms with van der Waals surface area (Å²) in [4.78, 5) is 21.2. The average molecular weight is 1770 g/mol. The summed E-state index contributed by atoms with van der Waals surface area (Å²) in [5.74, 6) is 6.34. The molecule has 0 aromatic heterocycles. The molecule has 12 nitrogen and oxygen atoms in total. The van der Waals surface area contributed by atoms with Crippen LogP contribution >= 0.6 is 0 Å². The van der Waals surface area contributed by atoms with E-state index in [1.54, 1.807) is 6.92 Å². The average Bonchev–Trinajstić information content (AvgIpc) is 0.906. The minimum atomic E-state index is -0.399. The summed E-state index contributed by atoms with van der Waals surface area (Å²) in [7, 11) is 0. The largest absolute Gasteiger partial charge is 0.466 e. The normalized spacial score (nSPS) is 23.4. The van der Waals surface area contributed by atoms with Crippen molar-refractivity contribution in [2.24, 2.45) is 64.1 Å². The van der Waals surface area contributed by atoms with Crippen molar-refractivity contribution in [1.29, 1.82) is 0 Å². The van der Waals surface area contributed by atoms with Gasteiger partial charge in [0.05, 0.1) is 63.1 Å². The first-order chi connectivity index (χ1) is 59.1. The first kappa shape index (κ1) is 140. The predicted molar refractivity (Wildman–Crippen MR) is 550 cm³/mol. The maximum absolute atomic E-state index is 10.7. The fourth-order valence-electron chi connectivity index (χ4n) is 14.8. The van der Waals surface area contributed by atoms with Crippen LogP contribution in [0.15, 0.2) is 24.3 Å². The van der Waals surface area contributed by atoms with Crippen molar-refractivity contribution in [2.75, 3.05) is 46.2 Å². The van der Waals surface area contributed by atoms with E-state index in [4.69, 9.17) is 29.2 Å². The zero-order valence-electron chi connectivity index (χ0n) is 90.2. The molecule has 1 heterocycles. The highest BCUT2D eigenvalue weighted by atomic mass is 16.5. The van der Waals surface area contributed by atoms with Gasteiger partial charge in [0.25, 0.3) is 0 Å². The standard InChI is InChI=1S/2C12H24O.2C10H20O.C8H16O2.C8H18O2.C8H16O2.C8H18.C7H14O2.C7H16.C6H14.C6H12.C5H12.C5H10/c1-5-9(2)10-6-7-12(3,4)11(13)8-10;1-5-9(2)11-6-7-12(4,13)10(3)8-11;1-3-4-9-5-6-10(11)8(2)7-9;1-3-4-9-6-5-8(2)10(11)7-9;1-8(6-9)4-2-3-5-10-7-8;1-3-5-6-10-7-8(9)4-2;1-3-5-7-10-8(9)6-4-2;1-3-5-7-8-6-4-2;1-3-5-6-9-7(8)4-2;1-3-5-7-6-4-2;2*1-3-5-6-4-2;2*1-3-5-4-2/h2*9-11,13H,5-8H2,1-4H3;2*8-11H,3-7H2,1-2H3;9H,2-7H2,1H3;8-9H,3-7H2,1-2H3;3-7H2,1-2H3;3-8H2,1-2H3;3-6H2,1-2H3;3-7H2,1-2H3;3-6H2,1-2H3;3,5H,4,6H2,1-2H3;3-5H2,1-2H3;3,5H,4H2,1-2H3/b;;;;;;;;;;;5-3-;;. The number of allylic oxidation sites excluding steroid dienone is 4. The smallest absolute Gasteiger partial charge is 0.305 e. The van der Waals surface area contributed by atoms with Gasteiger partial charge in [-0.25, -0.2) is 0 Å². The molecular formula is C112H234O12. The fraction of sp³-hybridized carbons (Fsp3) is 0.946. The second kappa shape index (κ2) is 106. The van der Waals surface area contributed by atoms with E-state index < -0.39 is 5.60 Å². The maximum Gasteiger partial charge on any atom is 0.305 e. The third-order valence-electron chi connectivity index (χ3n) is 25.4. The van der Waals surface area contributed by atoms with Gasteiger partial charge >= 0.3 is 11.9 Å². The van der Waals surface area contributed by atoms with Crippen molar-refractivity contribution in [3.05, 3.63) is 24.3 Å². The van der Waals surface area contributed by atoms with Crippen LogP contribution in [0, 0.1) is 64.1 Å². The first-order valence-corrected chi connectivity index (χ1v) is 53.8. The van der Waals surface area contributed by atoms with Crippen LogP contribution in [-0.4, -0.2) is 119 Å². The van der Waals surface area contributed by atoms with Gasteiger partial charge in [0.2, 0.25) is 0 Å². The quantitative estimate of drug-likeness (QED) is 0.0193. The summed E-state index contributed by atoms with van der Waals surface area (Å²) >= 11 is 0. The highest BCUT2D eigenvalue weighted by molar-refractivity contribution is 5.69. The van der Waals surface area contributed by atoms with Crippen LogP contribution in [0.2, 0.25) is 0 Å². The highest BCUT2D eigenvalue weighted by Gasteiger charge is 2.38. The number of aliphatic hydroxyl groups excluding tert-OH is 5. The molecule has 0 amide bonds. The Bertz CT molecular complexity index is 1970. The number of aliphatic hydroxyl groups is 6. The molecule has 15 unspecified atom stereocenters. The summed E-state index contributed by atoms with van der Waals surface area (Å²) in [5.41, 5.74) is -0.204. The number of carbonyl (C=O) groups excluding carboxylic acids is 2. The molecular weight excluding hydrogens is 1540 g/mol. The third-order valence-corrected chi connectivity index (χ3v) is 25.4. The van der Waals surface area contributed by atoms with Crippen molar-refractivity contribution >= 4 is 11.9 Å². The van der Waals surface area contributed by atoms with Gasteiger partial charge in [-0.05, 0) is 208 Å². The second-order valence-electron chi connectivity index (χ2n) is 38.7. The van der Waals surface area contributed by atoms with Crippen LogP contribution in [0.1, 0.15) is 549 Å². The van der Waals surface area contributed by atoms with Crippen LogP contribution < -0.4 is 0 Å². The third kappa shape index (κ3) is 101. The first-order valence-electron chi connectivity index (χ1n) is 53.8. The molecule has 4 aliphatic carbocycles. The van der Waals surface area contributed by atoms with Gasteiger partial charge < -0.3 is 49.6 Å². The molecule has 0 bridgehead atoms. The minimum absolute atomic E-state index is 0.0110. The van der Waals surface area contributed by atoms with E-state index in [9.17, 15) is 30.0 Å². The summed E-state index contributed by atoms with van der Waals surface area (Å²) < 4.78 is 20.2. The fourth-order valence-corrected chi connectivity index (χ4v) is 14.8. The van der Waals surface area contributed by atoms with Crippen molar-refractivity contribution in [3.8, 4) is 0 Å². The molecule has 4 saturated carbocycles. The molecule has 5 fully saturated rings. The Morgan fingerprint density at radius 3 is 1.27 bits per heavy atom. The number of hydrogen-bond acceptors (Lipinski definition) is 12. The lowest BCUT2D eigenvalue weighted by molar-refractivity contribution is -0.144. The van der Waals surface area contributed by atoms with E-state index >= 15 is 0 Å². The van der Waals surface area contributed by atoms with Gasteiger partial charge in [0.1, 0.15) is 0 Å². The molecule has 5 rings (SSSR count). The van der Waals surface area contributed by atoms with E-state index in [1.165, 1.54) is 225 Å². The number of hydrogen-bond donors (Lipinski definition) is 6. The van der Waals surface area contributed by atoms with Crippen molar-refractivity contribution < 1.29 is 59.2 Å². The lowest BCUT2D eigenvalue weighted by Crippen LogP contribution is -2.39. The van der Waals surface area contributed by atoms with Crippen LogP contribution in [0.5, 0.6) is 0 Å². The Kier molecular flexibility index (Phi) is 120. The van der Waals surface area contributed by atoms with Crippen molar-refractivity contribution in [1.82, 2.24) is 0 Å². The molecule has 15 atom stereocenters. The lowest BCUT2D eigenvalue weighted by Gasteiger charge is -2.41. The molecule has 0 radical (unpaired) electrons. The topological polar surface area (TPSA) is 192 Å². The number of carbonyl (C=O) groups is 2. The number of unbranched alkanes of at least 4 members (excludes halogenated alkanes) is 18. The highest BCUT2D eigenvalue weighted by Crippen LogP contribution is 2.43. The Labute approximate surface area is 779 Å². The zero-order valence-corrected chi connectivity index (χ0v) is 90.2. The summed E-state index contributed by atoms with van der Waals surface area (Å²) in [5, 5.41) is 57.0. The molecule has 754 valence electrons. The Balaban J connectivity index is -0.000000166. The van der Waals surface area contributed by atoms with Crippen LogP contribution in [0.25, 0.3) is 0 Å². The zero-order chi connectivity index (χ0) is 96.5. The molecule has 1 aliphatic heterocycles. The number of rotatable bonds is 41. The van der Waals surface area contributed by atoms with Crippen molar-refractivity contribution in [3.63, 3.8) is 0 Å². The molecule has 1 saturated heterocycles. The van der Waals surface area contributed by atoms with E-state index in [2.05, 4.69) is 204 Å². The van der Waals surface area contributed by atoms with Crippen LogP contribution in [0.4, 0.5) is 0 Å². The van der Waals surface area contributed by atoms with Gasteiger partial charge in [-0.1, -0.05) is 411 Å². The van der Waals surface area contributed by atoms with E-state index in [-0.39, 0.29) is 53.8 Å². The Morgan fingerprint density at radius 1 is 0.452 bits per heavy atom. The summed E-state index contributed by atoms with van der Waals surface area (Å²) in [6.45, 7) is 71.2. The van der Waals surface area contributed by atoms with E-state index in [1.807, 2.05) is 27.7 Å². The molecule has 0 aromatic carbocycles. The predicted octanol–water partition coefficient (Wildman–Crippen LogP) is 33.7. The minimum Gasteiger partial charge on any atom is -0.466 e. The monoisotopic (exact) mass is 1770 g/mol. The van der Waals surface area contributed by atoms with Gasteiger partial charge in [-0.15, -0.1) is 0 Å². The van der Waals surface area contributed by atoms with Gasteiger partial charge in [0, 0.05) is 31.5 Å². The maximum atomic E-state index is 10.7. The van der Waals surface area contributed by atoms with Crippen LogP contribution in [-0.2, 0) is 28.5 Å². The van der Waals surface area contributed by atoms with Gasteiger partial charge in [-0.2, -0.15) is 0 Å². The van der Waals surface area contributed by atoms with Crippen LogP contribution in [0.3, 0.4) is 0 Å². The van der Waals surface area contributed by atoms with Gasteiger partial charge in [-0.3, -0.25) is 9.59 Å². The lowest BCUT2D eigenvalue weighted by atomic mass is 9.67. The molecule has 0 aromatic rings. The SMILES string of the molecule is C/C=C\CCC.CC1(CO)CCCCOC1.CC=CCC.CCC(C)C1CCC(C)(C)C(O)C1.CCC(C)C1CCC(C)(O)C(C)C1.CCCC1CCC(C)C(O)C1.CCCC1CCC(O)C(C)C1.CCCCC.CCCCCC.CCCCCCC.CCCCCCCC.CCCCOC(=O)CC.CCCCOC(=O)CCC.CCCCOCC(O)CC. The molecule has 12 heteroatoms.